The van der Waals surface area contributed by atoms with E-state index in [1.807, 2.05) is 12.1 Å². The molecule has 0 saturated carbocycles. The van der Waals surface area contributed by atoms with Gasteiger partial charge in [-0.3, -0.25) is 9.69 Å². The van der Waals surface area contributed by atoms with Crippen molar-refractivity contribution in [3.05, 3.63) is 106 Å². The highest BCUT2D eigenvalue weighted by Crippen LogP contribution is 2.45. The molecular weight excluding hydrogens is 446 g/mol. The van der Waals surface area contributed by atoms with Crippen LogP contribution in [0.2, 0.25) is 5.02 Å². The van der Waals surface area contributed by atoms with Crippen molar-refractivity contribution >= 4 is 33.0 Å². The van der Waals surface area contributed by atoms with Crippen LogP contribution in [0.4, 0.5) is 5.69 Å². The van der Waals surface area contributed by atoms with Crippen molar-refractivity contribution in [2.24, 2.45) is 0 Å². The first-order chi connectivity index (χ1) is 15.2. The molecule has 1 aliphatic heterocycles. The number of hydrogen-bond donors (Lipinski definition) is 1. The highest BCUT2D eigenvalue weighted by atomic mass is 35.5. The van der Waals surface area contributed by atoms with Gasteiger partial charge in [0, 0.05) is 10.7 Å². The van der Waals surface area contributed by atoms with Crippen molar-refractivity contribution in [3.63, 3.8) is 0 Å². The van der Waals surface area contributed by atoms with E-state index in [2.05, 4.69) is 13.8 Å². The lowest BCUT2D eigenvalue weighted by atomic mass is 10.0. The van der Waals surface area contributed by atoms with Crippen LogP contribution in [0, 0.1) is 0 Å². The minimum atomic E-state index is -4.16. The Morgan fingerprint density at radius 2 is 1.50 bits per heavy atom. The van der Waals surface area contributed by atoms with E-state index in [9.17, 15) is 18.3 Å². The summed E-state index contributed by atoms with van der Waals surface area (Å²) in [6.07, 6.45) is 0. The molecular formula is C25H22ClNO4S. The summed E-state index contributed by atoms with van der Waals surface area (Å²) in [5.41, 5.74) is 2.09. The first-order valence-electron chi connectivity index (χ1n) is 10.1. The van der Waals surface area contributed by atoms with Gasteiger partial charge in [0.25, 0.3) is 5.91 Å². The van der Waals surface area contributed by atoms with Gasteiger partial charge in [0.15, 0.2) is 5.76 Å². The van der Waals surface area contributed by atoms with E-state index in [-0.39, 0.29) is 9.80 Å². The number of hydrogen-bond acceptors (Lipinski definition) is 4. The minimum absolute atomic E-state index is 0.00493. The normalized spacial score (nSPS) is 16.8. The summed E-state index contributed by atoms with van der Waals surface area (Å²) in [6.45, 7) is 4.12. The van der Waals surface area contributed by atoms with Crippen molar-refractivity contribution < 1.29 is 18.3 Å². The summed E-state index contributed by atoms with van der Waals surface area (Å²) in [5.74, 6) is -1.25. The van der Waals surface area contributed by atoms with Crippen LogP contribution >= 0.6 is 11.6 Å². The Labute approximate surface area is 192 Å². The molecule has 164 valence electrons. The summed E-state index contributed by atoms with van der Waals surface area (Å²) in [5, 5.41) is 11.3. The van der Waals surface area contributed by atoms with E-state index in [1.54, 1.807) is 54.6 Å². The third-order valence-electron chi connectivity index (χ3n) is 5.53. The lowest BCUT2D eigenvalue weighted by molar-refractivity contribution is -0.117. The maximum Gasteiger partial charge on any atom is 0.295 e. The Balaban J connectivity index is 1.90. The number of carbonyl (C=O) groups is 1. The zero-order chi connectivity index (χ0) is 23.0. The molecule has 5 nitrogen and oxygen atoms in total. The molecule has 0 unspecified atom stereocenters. The zero-order valence-corrected chi connectivity index (χ0v) is 19.1. The Bertz CT molecular complexity index is 1280. The molecule has 1 amide bonds. The standard InChI is InChI=1S/C25H22ClNO4S/c1-16(2)17-10-14-20(15-11-17)27-22(18-8-12-19(26)13-9-18)24(23(28)25(27)29)32(30,31)21-6-4-3-5-7-21/h3-16,22,28H,1-2H3/t22-/m0/s1. The Kier molecular flexibility index (Phi) is 5.84. The Morgan fingerprint density at radius 1 is 0.906 bits per heavy atom. The topological polar surface area (TPSA) is 74.7 Å². The van der Waals surface area contributed by atoms with Gasteiger partial charge in [0.05, 0.1) is 4.90 Å². The van der Waals surface area contributed by atoms with Crippen molar-refractivity contribution in [3.8, 4) is 0 Å². The molecule has 3 aromatic rings. The second-order valence-electron chi connectivity index (χ2n) is 7.90. The second-order valence-corrected chi connectivity index (χ2v) is 10.3. The number of aliphatic hydroxyl groups is 1. The lowest BCUT2D eigenvalue weighted by Gasteiger charge is -2.27. The fourth-order valence-electron chi connectivity index (χ4n) is 3.82. The number of anilines is 1. The first-order valence-corrected chi connectivity index (χ1v) is 12.0. The largest absolute Gasteiger partial charge is 0.502 e. The Hall–Kier alpha value is -3.09. The highest BCUT2D eigenvalue weighted by Gasteiger charge is 2.47. The quantitative estimate of drug-likeness (QED) is 0.515. The molecule has 0 spiro atoms. The summed E-state index contributed by atoms with van der Waals surface area (Å²) in [6, 6.07) is 20.7. The van der Waals surface area contributed by atoms with Crippen LogP contribution in [-0.2, 0) is 14.6 Å². The Morgan fingerprint density at radius 3 is 2.06 bits per heavy atom. The summed E-state index contributed by atoms with van der Waals surface area (Å²) in [7, 11) is -4.16. The van der Waals surface area contributed by atoms with E-state index in [4.69, 9.17) is 11.6 Å². The van der Waals surface area contributed by atoms with Crippen LogP contribution in [0.3, 0.4) is 0 Å². The SMILES string of the molecule is CC(C)c1ccc(N2C(=O)C(O)=C(S(=O)(=O)c3ccccc3)[C@@H]2c2ccc(Cl)cc2)cc1. The van der Waals surface area contributed by atoms with Gasteiger partial charge in [-0.25, -0.2) is 8.42 Å². The minimum Gasteiger partial charge on any atom is -0.502 e. The number of aliphatic hydroxyl groups excluding tert-OH is 1. The van der Waals surface area contributed by atoms with E-state index >= 15 is 0 Å². The molecule has 0 aromatic heterocycles. The number of nitrogens with zero attached hydrogens (tertiary/aromatic N) is 1. The number of sulfone groups is 1. The van der Waals surface area contributed by atoms with E-state index in [0.29, 0.717) is 22.2 Å². The van der Waals surface area contributed by atoms with Gasteiger partial charge in [-0.15, -0.1) is 0 Å². The summed E-state index contributed by atoms with van der Waals surface area (Å²) >= 11 is 6.04. The first kappa shape index (κ1) is 22.1. The van der Waals surface area contributed by atoms with Gasteiger partial charge in [-0.1, -0.05) is 67.9 Å². The van der Waals surface area contributed by atoms with Gasteiger partial charge >= 0.3 is 0 Å². The molecule has 0 aliphatic carbocycles. The predicted molar refractivity (Wildman–Crippen MR) is 125 cm³/mol. The monoisotopic (exact) mass is 467 g/mol. The number of amides is 1. The molecule has 7 heteroatoms. The third kappa shape index (κ3) is 3.80. The third-order valence-corrected chi connectivity index (χ3v) is 7.67. The highest BCUT2D eigenvalue weighted by molar-refractivity contribution is 7.95. The van der Waals surface area contributed by atoms with E-state index in [0.717, 1.165) is 5.56 Å². The van der Waals surface area contributed by atoms with Crippen LogP contribution in [0.25, 0.3) is 0 Å². The molecule has 4 rings (SSSR count). The smallest absolute Gasteiger partial charge is 0.295 e. The number of benzene rings is 3. The lowest BCUT2D eigenvalue weighted by Crippen LogP contribution is -2.31. The average Bonchev–Trinajstić information content (AvgIpc) is 3.06. The maximum atomic E-state index is 13.5. The number of halogens is 1. The van der Waals surface area contributed by atoms with Crippen LogP contribution < -0.4 is 4.90 Å². The van der Waals surface area contributed by atoms with Gasteiger partial charge in [0.2, 0.25) is 9.84 Å². The molecule has 0 saturated heterocycles. The van der Waals surface area contributed by atoms with Crippen LogP contribution in [-0.4, -0.2) is 19.4 Å². The van der Waals surface area contributed by atoms with Crippen molar-refractivity contribution in [2.45, 2.75) is 30.7 Å². The molecule has 1 heterocycles. The summed E-state index contributed by atoms with van der Waals surface area (Å²) < 4.78 is 27.1. The molecule has 3 aromatic carbocycles. The zero-order valence-electron chi connectivity index (χ0n) is 17.6. The second kappa shape index (κ2) is 8.45. The van der Waals surface area contributed by atoms with Crippen molar-refractivity contribution in [2.75, 3.05) is 4.90 Å². The number of rotatable bonds is 5. The number of carbonyl (C=O) groups excluding carboxylic acids is 1. The molecule has 1 N–H and O–H groups in total. The molecule has 1 atom stereocenters. The summed E-state index contributed by atoms with van der Waals surface area (Å²) in [4.78, 5) is 14.2. The molecule has 0 fully saturated rings. The predicted octanol–water partition coefficient (Wildman–Crippen LogP) is 5.79. The maximum absolute atomic E-state index is 13.5. The van der Waals surface area contributed by atoms with Crippen LogP contribution in [0.1, 0.15) is 36.9 Å². The molecule has 32 heavy (non-hydrogen) atoms. The average molecular weight is 468 g/mol. The van der Waals surface area contributed by atoms with Gasteiger partial charge < -0.3 is 5.11 Å². The van der Waals surface area contributed by atoms with Gasteiger partial charge in [-0.2, -0.15) is 0 Å². The molecule has 0 bridgehead atoms. The van der Waals surface area contributed by atoms with E-state index in [1.165, 1.54) is 17.0 Å². The molecule has 1 aliphatic rings. The van der Waals surface area contributed by atoms with Crippen LogP contribution in [0.15, 0.2) is 94.4 Å². The van der Waals surface area contributed by atoms with Gasteiger partial charge in [0.1, 0.15) is 10.9 Å². The van der Waals surface area contributed by atoms with Gasteiger partial charge in [-0.05, 0) is 53.4 Å². The molecule has 0 radical (unpaired) electrons. The fraction of sp³-hybridized carbons (Fsp3) is 0.160. The van der Waals surface area contributed by atoms with Crippen molar-refractivity contribution in [1.82, 2.24) is 0 Å². The van der Waals surface area contributed by atoms with Crippen LogP contribution in [0.5, 0.6) is 0 Å². The fourth-order valence-corrected chi connectivity index (χ4v) is 5.59. The van der Waals surface area contributed by atoms with E-state index < -0.39 is 27.5 Å². The van der Waals surface area contributed by atoms with Crippen molar-refractivity contribution in [1.29, 1.82) is 0 Å².